The van der Waals surface area contributed by atoms with Gasteiger partial charge in [-0.2, -0.15) is 5.10 Å². The van der Waals surface area contributed by atoms with Gasteiger partial charge in [0.1, 0.15) is 18.1 Å². The summed E-state index contributed by atoms with van der Waals surface area (Å²) in [7, 11) is 1.52. The molecule has 1 saturated heterocycles. The van der Waals surface area contributed by atoms with Gasteiger partial charge in [0.15, 0.2) is 23.1 Å². The fourth-order valence-corrected chi connectivity index (χ4v) is 5.19. The molecule has 0 aliphatic carbocycles. The third kappa shape index (κ3) is 6.25. The second-order valence-corrected chi connectivity index (χ2v) is 9.90. The lowest BCUT2D eigenvalue weighted by molar-refractivity contribution is -0.118. The predicted molar refractivity (Wildman–Crippen MR) is 150 cm³/mol. The molecule has 0 bridgehead atoms. The number of rotatable bonds is 11. The van der Waals surface area contributed by atoms with E-state index < -0.39 is 17.5 Å². The number of aromatic nitrogens is 2. The molecule has 11 nitrogen and oxygen atoms in total. The largest absolute Gasteiger partial charge is 0.493 e. The van der Waals surface area contributed by atoms with Gasteiger partial charge in [-0.15, -0.1) is 0 Å². The minimum atomic E-state index is -1.01. The van der Waals surface area contributed by atoms with Gasteiger partial charge in [-0.25, -0.2) is 13.8 Å². The first-order chi connectivity index (χ1) is 19.9. The highest BCUT2D eigenvalue weighted by Gasteiger charge is 2.29. The topological polar surface area (TPSA) is 130 Å². The SMILES string of the molecule is COc1cc2c(cc1OCCCN1CCC[C@H]1CO)NCN(c1cccc(F)c1F)C2=Nc1cnn(CC(N)=O)c1. The lowest BCUT2D eigenvalue weighted by Crippen LogP contribution is -2.41. The summed E-state index contributed by atoms with van der Waals surface area (Å²) in [6.07, 6.45) is 5.86. The fraction of sp³-hybridized carbons (Fsp3) is 0.393. The monoisotopic (exact) mass is 569 g/mol. The number of aliphatic hydroxyl groups is 1. The quantitative estimate of drug-likeness (QED) is 0.301. The number of halogens is 2. The number of carbonyl (C=O) groups is 1. The van der Waals surface area contributed by atoms with Crippen LogP contribution in [-0.4, -0.2) is 77.7 Å². The molecule has 1 amide bonds. The third-order valence-electron chi connectivity index (χ3n) is 7.18. The maximum Gasteiger partial charge on any atom is 0.239 e. The Labute approximate surface area is 236 Å². The molecule has 5 rings (SSSR count). The van der Waals surface area contributed by atoms with Crippen LogP contribution in [0.1, 0.15) is 24.8 Å². The van der Waals surface area contributed by atoms with E-state index in [0.717, 1.165) is 38.4 Å². The highest BCUT2D eigenvalue weighted by molar-refractivity contribution is 6.16. The highest BCUT2D eigenvalue weighted by Crippen LogP contribution is 2.38. The Morgan fingerprint density at radius 3 is 2.93 bits per heavy atom. The number of likely N-dealkylation sites (tertiary alicyclic amines) is 1. The fourth-order valence-electron chi connectivity index (χ4n) is 5.19. The summed E-state index contributed by atoms with van der Waals surface area (Å²) in [5, 5.41) is 16.9. The van der Waals surface area contributed by atoms with Crippen molar-refractivity contribution < 1.29 is 28.2 Å². The molecule has 2 aliphatic heterocycles. The molecule has 0 radical (unpaired) electrons. The van der Waals surface area contributed by atoms with Crippen molar-refractivity contribution in [1.29, 1.82) is 0 Å². The highest BCUT2D eigenvalue weighted by atomic mass is 19.2. The van der Waals surface area contributed by atoms with Crippen LogP contribution in [0.15, 0.2) is 47.7 Å². The third-order valence-corrected chi connectivity index (χ3v) is 7.18. The maximum absolute atomic E-state index is 14.9. The van der Waals surface area contributed by atoms with E-state index in [9.17, 15) is 18.7 Å². The number of hydrogen-bond donors (Lipinski definition) is 3. The van der Waals surface area contributed by atoms with Crippen molar-refractivity contribution in [1.82, 2.24) is 14.7 Å². The van der Waals surface area contributed by atoms with Gasteiger partial charge in [0.25, 0.3) is 0 Å². The van der Waals surface area contributed by atoms with Crippen LogP contribution in [0.5, 0.6) is 11.5 Å². The van der Waals surface area contributed by atoms with E-state index in [1.165, 1.54) is 41.2 Å². The van der Waals surface area contributed by atoms with Gasteiger partial charge in [0, 0.05) is 24.2 Å². The van der Waals surface area contributed by atoms with Gasteiger partial charge in [-0.1, -0.05) is 6.07 Å². The molecular weight excluding hydrogens is 536 g/mol. The number of carbonyl (C=O) groups excluding carboxylic acids is 1. The average Bonchev–Trinajstić information content (AvgIpc) is 3.61. The number of benzene rings is 2. The molecule has 41 heavy (non-hydrogen) atoms. The van der Waals surface area contributed by atoms with Crippen LogP contribution in [-0.2, 0) is 11.3 Å². The van der Waals surface area contributed by atoms with Gasteiger partial charge in [-0.05, 0) is 44.0 Å². The molecule has 4 N–H and O–H groups in total. The first kappa shape index (κ1) is 28.3. The zero-order valence-corrected chi connectivity index (χ0v) is 22.7. The lowest BCUT2D eigenvalue weighted by Gasteiger charge is -2.33. The van der Waals surface area contributed by atoms with E-state index >= 15 is 0 Å². The zero-order valence-electron chi connectivity index (χ0n) is 22.7. The molecule has 1 aromatic heterocycles. The normalized spacial score (nSPS) is 17.9. The summed E-state index contributed by atoms with van der Waals surface area (Å²) in [4.78, 5) is 19.8. The molecule has 3 aromatic rings. The summed E-state index contributed by atoms with van der Waals surface area (Å²) in [5.41, 5.74) is 6.89. The number of methoxy groups -OCH3 is 1. The minimum absolute atomic E-state index is 0.00572. The molecule has 2 aromatic carbocycles. The Bertz CT molecular complexity index is 1430. The van der Waals surface area contributed by atoms with Crippen LogP contribution in [0.2, 0.25) is 0 Å². The van der Waals surface area contributed by atoms with Crippen molar-refractivity contribution in [3.63, 3.8) is 0 Å². The number of nitrogens with zero attached hydrogens (tertiary/aromatic N) is 5. The summed E-state index contributed by atoms with van der Waals surface area (Å²) in [6.45, 7) is 2.37. The molecular formula is C28H33F2N7O4. The van der Waals surface area contributed by atoms with Gasteiger partial charge < -0.3 is 30.5 Å². The molecule has 0 saturated carbocycles. The summed E-state index contributed by atoms with van der Waals surface area (Å²) in [5.74, 6) is -1.27. The van der Waals surface area contributed by atoms with Crippen molar-refractivity contribution in [2.45, 2.75) is 31.8 Å². The van der Waals surface area contributed by atoms with Crippen LogP contribution >= 0.6 is 0 Å². The number of anilines is 2. The van der Waals surface area contributed by atoms with Crippen molar-refractivity contribution in [2.75, 3.05) is 50.3 Å². The second kappa shape index (κ2) is 12.5. The molecule has 1 fully saturated rings. The predicted octanol–water partition coefficient (Wildman–Crippen LogP) is 2.85. The van der Waals surface area contributed by atoms with E-state index in [2.05, 4.69) is 15.3 Å². The first-order valence-corrected chi connectivity index (χ1v) is 13.4. The first-order valence-electron chi connectivity index (χ1n) is 13.4. The van der Waals surface area contributed by atoms with Crippen molar-refractivity contribution in [2.24, 2.45) is 10.7 Å². The van der Waals surface area contributed by atoms with Crippen LogP contribution in [0.4, 0.5) is 25.8 Å². The van der Waals surface area contributed by atoms with E-state index in [1.807, 2.05) is 0 Å². The minimum Gasteiger partial charge on any atom is -0.493 e. The van der Waals surface area contributed by atoms with Crippen LogP contribution in [0, 0.1) is 11.6 Å². The van der Waals surface area contributed by atoms with E-state index in [-0.39, 0.29) is 31.5 Å². The molecule has 0 spiro atoms. The Kier molecular flexibility index (Phi) is 8.64. The van der Waals surface area contributed by atoms with Crippen molar-refractivity contribution in [3.05, 3.63) is 59.9 Å². The summed E-state index contributed by atoms with van der Waals surface area (Å²) >= 11 is 0. The lowest BCUT2D eigenvalue weighted by atomic mass is 10.1. The van der Waals surface area contributed by atoms with Crippen molar-refractivity contribution in [3.8, 4) is 11.5 Å². The molecule has 0 unspecified atom stereocenters. The zero-order chi connectivity index (χ0) is 28.9. The van der Waals surface area contributed by atoms with Crippen LogP contribution in [0.25, 0.3) is 0 Å². The molecule has 13 heteroatoms. The van der Waals surface area contributed by atoms with Gasteiger partial charge in [0.05, 0.1) is 50.8 Å². The summed E-state index contributed by atoms with van der Waals surface area (Å²) in [6, 6.07) is 7.68. The van der Waals surface area contributed by atoms with E-state index in [4.69, 9.17) is 20.2 Å². The molecule has 1 atom stereocenters. The van der Waals surface area contributed by atoms with Crippen molar-refractivity contribution >= 4 is 28.8 Å². The average molecular weight is 570 g/mol. The Balaban J connectivity index is 1.44. The summed E-state index contributed by atoms with van der Waals surface area (Å²) < 4.78 is 42.2. The number of primary amides is 1. The smallest absolute Gasteiger partial charge is 0.239 e. The molecule has 218 valence electrons. The Morgan fingerprint density at radius 2 is 2.15 bits per heavy atom. The van der Waals surface area contributed by atoms with Crippen LogP contribution < -0.4 is 25.4 Å². The standard InChI is InChI=1S/C28H33F2N7O4/c1-40-24-11-20-22(12-25(24)41-10-4-9-35-8-3-5-19(35)16-38)32-17-37(23-7-2-6-21(29)27(23)30)28(20)34-18-13-33-36(14-18)15-26(31)39/h2,6-7,11-14,19,32,38H,3-5,8-10,15-17H2,1H3,(H2,31,39)/t19-/m0/s1. The Morgan fingerprint density at radius 1 is 1.29 bits per heavy atom. The number of aliphatic imine (C=N–C) groups is 1. The number of nitrogens with one attached hydrogen (secondary N) is 1. The van der Waals surface area contributed by atoms with Gasteiger partial charge in [0.2, 0.25) is 5.91 Å². The number of ether oxygens (including phenoxy) is 2. The van der Waals surface area contributed by atoms with Crippen LogP contribution in [0.3, 0.4) is 0 Å². The number of aliphatic hydroxyl groups excluding tert-OH is 1. The van der Waals surface area contributed by atoms with Gasteiger partial charge in [-0.3, -0.25) is 14.4 Å². The van der Waals surface area contributed by atoms with Gasteiger partial charge >= 0.3 is 0 Å². The molecule has 2 aliphatic rings. The number of hydrogen-bond acceptors (Lipinski definition) is 8. The number of amides is 1. The second-order valence-electron chi connectivity index (χ2n) is 9.90. The maximum atomic E-state index is 14.9. The Hall–Kier alpha value is -4.23. The number of amidine groups is 1. The number of nitrogens with two attached hydrogens (primary N) is 1. The number of fused-ring (bicyclic) bond motifs is 1. The van der Waals surface area contributed by atoms with E-state index in [1.54, 1.807) is 12.1 Å². The van der Waals surface area contributed by atoms with E-state index in [0.29, 0.717) is 40.9 Å². The molecule has 3 heterocycles.